The Morgan fingerprint density at radius 3 is 2.92 bits per heavy atom. The number of nitriles is 1. The van der Waals surface area contributed by atoms with E-state index in [2.05, 4.69) is 23.4 Å². The van der Waals surface area contributed by atoms with E-state index < -0.39 is 0 Å². The Labute approximate surface area is 75.9 Å². The lowest BCUT2D eigenvalue weighted by atomic mass is 10.1. The molecule has 1 saturated carbocycles. The third-order valence-corrected chi connectivity index (χ3v) is 3.38. The summed E-state index contributed by atoms with van der Waals surface area (Å²) < 4.78 is 0. The second-order valence-corrected chi connectivity index (χ2v) is 4.05. The smallest absolute Gasteiger partial charge is 0.113 e. The predicted octanol–water partition coefficient (Wildman–Crippen LogP) is 2.26. The van der Waals surface area contributed by atoms with Crippen LogP contribution >= 0.6 is 11.3 Å². The number of nitrogens with zero attached hydrogens (tertiary/aromatic N) is 2. The van der Waals surface area contributed by atoms with Gasteiger partial charge in [0.25, 0.3) is 0 Å². The molecule has 0 aliphatic heterocycles. The highest BCUT2D eigenvalue weighted by Gasteiger charge is 2.47. The molecule has 0 spiro atoms. The minimum Gasteiger partial charge on any atom is -0.245 e. The third-order valence-electron chi connectivity index (χ3n) is 2.29. The van der Waals surface area contributed by atoms with Crippen LogP contribution in [0.25, 0.3) is 0 Å². The molecular weight excluding hydrogens is 168 g/mol. The number of rotatable bonds is 2. The maximum atomic E-state index is 8.91. The Balaban J connectivity index is 2.30. The molecule has 0 amide bonds. The fraction of sp³-hybridized carbons (Fsp3) is 0.556. The number of hydrogen-bond donors (Lipinski definition) is 0. The van der Waals surface area contributed by atoms with Crippen LogP contribution in [-0.4, -0.2) is 4.98 Å². The van der Waals surface area contributed by atoms with E-state index in [0.29, 0.717) is 0 Å². The quantitative estimate of drug-likeness (QED) is 0.696. The molecule has 1 aliphatic rings. The van der Waals surface area contributed by atoms with Crippen LogP contribution in [0.5, 0.6) is 0 Å². The molecule has 0 saturated heterocycles. The first-order chi connectivity index (χ1) is 5.80. The van der Waals surface area contributed by atoms with Crippen molar-refractivity contribution in [3.8, 4) is 6.07 Å². The zero-order chi connectivity index (χ0) is 8.60. The molecule has 0 N–H and O–H groups in total. The van der Waals surface area contributed by atoms with Gasteiger partial charge in [-0.25, -0.2) is 4.98 Å². The van der Waals surface area contributed by atoms with Crippen molar-refractivity contribution >= 4 is 11.3 Å². The first-order valence-corrected chi connectivity index (χ1v) is 5.05. The fourth-order valence-corrected chi connectivity index (χ4v) is 2.30. The van der Waals surface area contributed by atoms with Gasteiger partial charge in [-0.15, -0.1) is 11.3 Å². The largest absolute Gasteiger partial charge is 0.245 e. The molecule has 0 radical (unpaired) electrons. The first kappa shape index (κ1) is 7.75. The van der Waals surface area contributed by atoms with Gasteiger partial charge in [-0.05, 0) is 19.3 Å². The van der Waals surface area contributed by atoms with Crippen molar-refractivity contribution in [1.29, 1.82) is 5.26 Å². The Bertz CT molecular complexity index is 331. The molecule has 0 unspecified atom stereocenters. The van der Waals surface area contributed by atoms with Gasteiger partial charge in [0, 0.05) is 5.38 Å². The summed E-state index contributed by atoms with van der Waals surface area (Å²) in [5.41, 5.74) is 0.939. The van der Waals surface area contributed by atoms with Crippen molar-refractivity contribution < 1.29 is 0 Å². The van der Waals surface area contributed by atoms with Gasteiger partial charge in [0.1, 0.15) is 10.4 Å². The van der Waals surface area contributed by atoms with Crippen LogP contribution in [0.1, 0.15) is 30.5 Å². The average molecular weight is 178 g/mol. The molecule has 0 atom stereocenters. The summed E-state index contributed by atoms with van der Waals surface area (Å²) in [6.45, 7) is 2.09. The molecular formula is C9H10N2S. The maximum absolute atomic E-state index is 8.91. The molecule has 1 aromatic rings. The lowest BCUT2D eigenvalue weighted by Gasteiger charge is -1.97. The van der Waals surface area contributed by atoms with Gasteiger partial charge in [-0.1, -0.05) is 6.92 Å². The van der Waals surface area contributed by atoms with Gasteiger partial charge in [0.15, 0.2) is 0 Å². The summed E-state index contributed by atoms with van der Waals surface area (Å²) in [5.74, 6) is 0. The molecule has 2 rings (SSSR count). The molecule has 62 valence electrons. The van der Waals surface area contributed by atoms with E-state index in [1.54, 1.807) is 11.3 Å². The molecule has 0 bridgehead atoms. The van der Waals surface area contributed by atoms with E-state index in [9.17, 15) is 0 Å². The van der Waals surface area contributed by atoms with Crippen molar-refractivity contribution in [2.75, 3.05) is 0 Å². The van der Waals surface area contributed by atoms with E-state index in [-0.39, 0.29) is 5.41 Å². The Kier molecular flexibility index (Phi) is 1.66. The molecule has 12 heavy (non-hydrogen) atoms. The van der Waals surface area contributed by atoms with Gasteiger partial charge in [0.05, 0.1) is 11.8 Å². The topological polar surface area (TPSA) is 36.7 Å². The summed E-state index contributed by atoms with van der Waals surface area (Å²) in [4.78, 5) is 4.43. The van der Waals surface area contributed by atoms with Gasteiger partial charge >= 0.3 is 0 Å². The van der Waals surface area contributed by atoms with Crippen molar-refractivity contribution in [3.63, 3.8) is 0 Å². The molecule has 2 nitrogen and oxygen atoms in total. The van der Waals surface area contributed by atoms with Gasteiger partial charge < -0.3 is 0 Å². The molecule has 1 aromatic heterocycles. The zero-order valence-electron chi connectivity index (χ0n) is 7.00. The highest BCUT2D eigenvalue weighted by molar-refractivity contribution is 7.09. The van der Waals surface area contributed by atoms with Crippen LogP contribution < -0.4 is 0 Å². The normalized spacial score (nSPS) is 18.7. The average Bonchev–Trinajstić information content (AvgIpc) is 2.77. The lowest BCUT2D eigenvalue weighted by Crippen LogP contribution is -2.01. The second-order valence-electron chi connectivity index (χ2n) is 3.19. The number of aryl methyl sites for hydroxylation is 1. The lowest BCUT2D eigenvalue weighted by molar-refractivity contribution is 0.872. The van der Waals surface area contributed by atoms with Crippen LogP contribution in [0.2, 0.25) is 0 Å². The van der Waals surface area contributed by atoms with E-state index in [1.165, 1.54) is 0 Å². The summed E-state index contributed by atoms with van der Waals surface area (Å²) in [7, 11) is 0. The van der Waals surface area contributed by atoms with E-state index in [0.717, 1.165) is 30.0 Å². The minimum absolute atomic E-state index is 0.182. The zero-order valence-corrected chi connectivity index (χ0v) is 7.82. The van der Waals surface area contributed by atoms with Crippen LogP contribution in [0.3, 0.4) is 0 Å². The van der Waals surface area contributed by atoms with Gasteiger partial charge in [0.2, 0.25) is 0 Å². The number of thiazole rings is 1. The summed E-state index contributed by atoms with van der Waals surface area (Å²) in [6, 6.07) is 2.35. The highest BCUT2D eigenvalue weighted by Crippen LogP contribution is 2.48. The SMILES string of the molecule is CCc1csc(C2(C#N)CC2)n1. The van der Waals surface area contributed by atoms with Gasteiger partial charge in [-0.3, -0.25) is 0 Å². The Morgan fingerprint density at radius 2 is 2.50 bits per heavy atom. The van der Waals surface area contributed by atoms with Crippen LogP contribution in [0, 0.1) is 11.3 Å². The van der Waals surface area contributed by atoms with Crippen molar-refractivity contribution in [3.05, 3.63) is 16.1 Å². The van der Waals surface area contributed by atoms with Crippen LogP contribution in [0.15, 0.2) is 5.38 Å². The molecule has 3 heteroatoms. The van der Waals surface area contributed by atoms with E-state index in [1.807, 2.05) is 0 Å². The van der Waals surface area contributed by atoms with Crippen molar-refractivity contribution in [2.24, 2.45) is 0 Å². The van der Waals surface area contributed by atoms with Crippen molar-refractivity contribution in [2.45, 2.75) is 31.6 Å². The monoisotopic (exact) mass is 178 g/mol. The van der Waals surface area contributed by atoms with Crippen LogP contribution in [-0.2, 0) is 11.8 Å². The van der Waals surface area contributed by atoms with E-state index in [4.69, 9.17) is 5.26 Å². The minimum atomic E-state index is -0.182. The van der Waals surface area contributed by atoms with Gasteiger partial charge in [-0.2, -0.15) is 5.26 Å². The molecule has 1 heterocycles. The third kappa shape index (κ3) is 1.03. The highest BCUT2D eigenvalue weighted by atomic mass is 32.1. The fourth-order valence-electron chi connectivity index (χ4n) is 1.19. The van der Waals surface area contributed by atoms with Crippen molar-refractivity contribution in [1.82, 2.24) is 4.98 Å². The molecule has 1 fully saturated rings. The number of aromatic nitrogens is 1. The Morgan fingerprint density at radius 1 is 1.75 bits per heavy atom. The second kappa shape index (κ2) is 2.56. The molecule has 0 aromatic carbocycles. The predicted molar refractivity (Wildman–Crippen MR) is 48.0 cm³/mol. The molecule has 1 aliphatic carbocycles. The maximum Gasteiger partial charge on any atom is 0.113 e. The summed E-state index contributed by atoms with van der Waals surface area (Å²) in [6.07, 6.45) is 2.97. The Hall–Kier alpha value is -0.880. The number of hydrogen-bond acceptors (Lipinski definition) is 3. The van der Waals surface area contributed by atoms with Crippen LogP contribution in [0.4, 0.5) is 0 Å². The summed E-state index contributed by atoms with van der Waals surface area (Å²) in [5, 5.41) is 12.0. The standard InChI is InChI=1S/C9H10N2S/c1-2-7-5-12-8(11-7)9(6-10)3-4-9/h5H,2-4H2,1H3. The van der Waals surface area contributed by atoms with E-state index >= 15 is 0 Å². The summed E-state index contributed by atoms with van der Waals surface area (Å²) >= 11 is 1.63. The first-order valence-electron chi connectivity index (χ1n) is 4.17.